The summed E-state index contributed by atoms with van der Waals surface area (Å²) in [6.07, 6.45) is 4.75. The van der Waals surface area contributed by atoms with E-state index in [0.717, 1.165) is 5.56 Å². The zero-order valence-corrected chi connectivity index (χ0v) is 17.5. The summed E-state index contributed by atoms with van der Waals surface area (Å²) in [5.41, 5.74) is 0.900. The van der Waals surface area contributed by atoms with Gasteiger partial charge in [-0.25, -0.2) is 8.42 Å². The van der Waals surface area contributed by atoms with Crippen LogP contribution < -0.4 is 10.6 Å². The van der Waals surface area contributed by atoms with Crippen molar-refractivity contribution in [3.05, 3.63) is 60.4 Å². The molecule has 160 valence electrons. The first-order valence-electron chi connectivity index (χ1n) is 9.95. The van der Waals surface area contributed by atoms with E-state index in [9.17, 15) is 18.0 Å². The molecule has 1 aromatic carbocycles. The predicted octanol–water partition coefficient (Wildman–Crippen LogP) is 1.31. The second kappa shape index (κ2) is 10.3. The molecule has 0 radical (unpaired) electrons. The first-order chi connectivity index (χ1) is 14.5. The molecule has 3 rings (SSSR count). The van der Waals surface area contributed by atoms with Gasteiger partial charge in [0.1, 0.15) is 0 Å². The maximum Gasteiger partial charge on any atom is 0.243 e. The first-order valence-corrected chi connectivity index (χ1v) is 11.4. The second-order valence-electron chi connectivity index (χ2n) is 7.19. The number of nitrogens with zero attached hydrogens (tertiary/aromatic N) is 2. The second-order valence-corrected chi connectivity index (χ2v) is 9.13. The van der Waals surface area contributed by atoms with Crippen LogP contribution in [0.25, 0.3) is 0 Å². The van der Waals surface area contributed by atoms with E-state index in [0.29, 0.717) is 25.9 Å². The molecule has 0 saturated carbocycles. The third kappa shape index (κ3) is 5.87. The monoisotopic (exact) mass is 430 g/mol. The number of hydrogen-bond acceptors (Lipinski definition) is 5. The number of benzene rings is 1. The first kappa shape index (κ1) is 21.9. The number of sulfonamides is 1. The van der Waals surface area contributed by atoms with Gasteiger partial charge in [-0.2, -0.15) is 4.31 Å². The average Bonchev–Trinajstić information content (AvgIpc) is 2.79. The van der Waals surface area contributed by atoms with Crippen LogP contribution >= 0.6 is 0 Å². The van der Waals surface area contributed by atoms with Gasteiger partial charge in [0.05, 0.1) is 10.8 Å². The molecule has 1 aliphatic heterocycles. The lowest BCUT2D eigenvalue weighted by Crippen LogP contribution is -2.45. The molecule has 1 fully saturated rings. The molecule has 30 heavy (non-hydrogen) atoms. The smallest absolute Gasteiger partial charge is 0.243 e. The third-order valence-corrected chi connectivity index (χ3v) is 6.88. The van der Waals surface area contributed by atoms with Gasteiger partial charge in [0.2, 0.25) is 21.8 Å². The summed E-state index contributed by atoms with van der Waals surface area (Å²) in [5, 5.41) is 5.54. The Labute approximate surface area is 176 Å². The van der Waals surface area contributed by atoms with Crippen molar-refractivity contribution in [3.63, 3.8) is 0 Å². The molecule has 9 heteroatoms. The van der Waals surface area contributed by atoms with E-state index in [2.05, 4.69) is 15.6 Å². The minimum Gasteiger partial charge on any atom is -0.355 e. The van der Waals surface area contributed by atoms with Gasteiger partial charge in [0.25, 0.3) is 0 Å². The maximum atomic E-state index is 12.8. The molecule has 0 unspecified atom stereocenters. The van der Waals surface area contributed by atoms with E-state index in [1.807, 2.05) is 6.07 Å². The summed E-state index contributed by atoms with van der Waals surface area (Å²) in [7, 11) is -3.61. The lowest BCUT2D eigenvalue weighted by molar-refractivity contribution is -0.126. The van der Waals surface area contributed by atoms with Crippen LogP contribution in [-0.2, 0) is 26.2 Å². The van der Waals surface area contributed by atoms with Gasteiger partial charge in [0.15, 0.2) is 0 Å². The minimum absolute atomic E-state index is 0.149. The van der Waals surface area contributed by atoms with Gasteiger partial charge < -0.3 is 10.6 Å². The van der Waals surface area contributed by atoms with E-state index in [1.54, 1.807) is 48.8 Å². The summed E-state index contributed by atoms with van der Waals surface area (Å²) < 4.78 is 26.9. The lowest BCUT2D eigenvalue weighted by atomic mass is 9.99. The Balaban J connectivity index is 1.44. The Morgan fingerprint density at radius 2 is 1.90 bits per heavy atom. The topological polar surface area (TPSA) is 108 Å². The van der Waals surface area contributed by atoms with Crippen molar-refractivity contribution in [1.29, 1.82) is 0 Å². The predicted molar refractivity (Wildman–Crippen MR) is 112 cm³/mol. The van der Waals surface area contributed by atoms with E-state index in [-0.39, 0.29) is 36.2 Å². The number of pyridine rings is 1. The number of rotatable bonds is 8. The van der Waals surface area contributed by atoms with Crippen molar-refractivity contribution in [2.75, 3.05) is 19.6 Å². The summed E-state index contributed by atoms with van der Waals surface area (Å²) >= 11 is 0. The van der Waals surface area contributed by atoms with Gasteiger partial charge in [-0.1, -0.05) is 24.3 Å². The number of carbonyl (C=O) groups excluding carboxylic acids is 2. The van der Waals surface area contributed by atoms with Gasteiger partial charge in [0, 0.05) is 45.0 Å². The molecule has 1 aliphatic rings. The van der Waals surface area contributed by atoms with Crippen molar-refractivity contribution in [2.45, 2.75) is 30.7 Å². The van der Waals surface area contributed by atoms with E-state index < -0.39 is 15.9 Å². The molecular weight excluding hydrogens is 404 g/mol. The van der Waals surface area contributed by atoms with Crippen molar-refractivity contribution < 1.29 is 18.0 Å². The van der Waals surface area contributed by atoms with Crippen molar-refractivity contribution >= 4 is 21.8 Å². The number of aromatic nitrogens is 1. The van der Waals surface area contributed by atoms with Crippen LogP contribution in [0.1, 0.15) is 24.8 Å². The fraction of sp³-hybridized carbons (Fsp3) is 0.381. The van der Waals surface area contributed by atoms with Crippen LogP contribution in [0.3, 0.4) is 0 Å². The number of nitrogens with one attached hydrogen (secondary N) is 2. The van der Waals surface area contributed by atoms with E-state index >= 15 is 0 Å². The normalized spacial score (nSPS) is 17.3. The maximum absolute atomic E-state index is 12.8. The Kier molecular flexibility index (Phi) is 7.53. The molecule has 0 spiro atoms. The fourth-order valence-electron chi connectivity index (χ4n) is 3.35. The number of amides is 2. The molecule has 2 aromatic rings. The lowest BCUT2D eigenvalue weighted by Gasteiger charge is -2.31. The molecule has 1 aromatic heterocycles. The largest absolute Gasteiger partial charge is 0.355 e. The van der Waals surface area contributed by atoms with Gasteiger partial charge in [-0.3, -0.25) is 14.6 Å². The van der Waals surface area contributed by atoms with Crippen LogP contribution in [-0.4, -0.2) is 49.2 Å². The molecular formula is C21H26N4O4S. The summed E-state index contributed by atoms with van der Waals surface area (Å²) in [6.45, 7) is 1.14. The molecule has 0 bridgehead atoms. The van der Waals surface area contributed by atoms with Crippen molar-refractivity contribution in [1.82, 2.24) is 19.9 Å². The highest BCUT2D eigenvalue weighted by atomic mass is 32.2. The van der Waals surface area contributed by atoms with Crippen LogP contribution in [0.4, 0.5) is 0 Å². The summed E-state index contributed by atoms with van der Waals surface area (Å²) in [5.74, 6) is -0.810. The third-order valence-electron chi connectivity index (χ3n) is 5.00. The quantitative estimate of drug-likeness (QED) is 0.656. The molecule has 2 N–H and O–H groups in total. The minimum atomic E-state index is -3.61. The Morgan fingerprint density at radius 3 is 2.63 bits per heavy atom. The van der Waals surface area contributed by atoms with Crippen LogP contribution in [0.5, 0.6) is 0 Å². The SMILES string of the molecule is O=C(CCNC(=O)[C@H]1CCCN(S(=O)(=O)c2ccccc2)C1)NCc1cccnc1. The highest BCUT2D eigenvalue weighted by Gasteiger charge is 2.33. The Hall–Kier alpha value is -2.78. The van der Waals surface area contributed by atoms with Gasteiger partial charge in [-0.05, 0) is 36.6 Å². The fourth-order valence-corrected chi connectivity index (χ4v) is 4.90. The number of piperidine rings is 1. The van der Waals surface area contributed by atoms with Crippen LogP contribution in [0, 0.1) is 5.92 Å². The van der Waals surface area contributed by atoms with Gasteiger partial charge in [-0.15, -0.1) is 0 Å². The number of hydrogen-bond donors (Lipinski definition) is 2. The number of carbonyl (C=O) groups is 2. The molecule has 1 saturated heterocycles. The summed E-state index contributed by atoms with van der Waals surface area (Å²) in [4.78, 5) is 28.7. The van der Waals surface area contributed by atoms with E-state index in [4.69, 9.17) is 0 Å². The van der Waals surface area contributed by atoms with E-state index in [1.165, 1.54) is 4.31 Å². The van der Waals surface area contributed by atoms with Crippen molar-refractivity contribution in [2.24, 2.45) is 5.92 Å². The molecule has 0 aliphatic carbocycles. The highest BCUT2D eigenvalue weighted by Crippen LogP contribution is 2.23. The molecule has 1 atom stereocenters. The van der Waals surface area contributed by atoms with Crippen molar-refractivity contribution in [3.8, 4) is 0 Å². The van der Waals surface area contributed by atoms with Crippen LogP contribution in [0.15, 0.2) is 59.8 Å². The zero-order valence-electron chi connectivity index (χ0n) is 16.7. The molecule has 8 nitrogen and oxygen atoms in total. The molecule has 2 heterocycles. The Morgan fingerprint density at radius 1 is 1.10 bits per heavy atom. The summed E-state index contributed by atoms with van der Waals surface area (Å²) in [6, 6.07) is 11.9. The van der Waals surface area contributed by atoms with Crippen LogP contribution in [0.2, 0.25) is 0 Å². The van der Waals surface area contributed by atoms with Gasteiger partial charge >= 0.3 is 0 Å². The average molecular weight is 431 g/mol. The zero-order chi connectivity index (χ0) is 21.4. The Bertz CT molecular complexity index is 951. The molecule has 2 amide bonds. The standard InChI is InChI=1S/C21H26N4O4S/c26-20(24-15-17-6-4-11-22-14-17)10-12-23-21(27)18-7-5-13-25(16-18)30(28,29)19-8-2-1-3-9-19/h1-4,6,8-9,11,14,18H,5,7,10,12-13,15-16H2,(H,23,27)(H,24,26)/t18-/m0/s1. The highest BCUT2D eigenvalue weighted by molar-refractivity contribution is 7.89.